The van der Waals surface area contributed by atoms with Crippen molar-refractivity contribution < 1.29 is 9.90 Å². The second-order valence-corrected chi connectivity index (χ2v) is 7.71. The SMILES string of the molecule is CCC(C)Sc1ccc(NC(=O)NCC2(O)CCC2)c(C)c1. The van der Waals surface area contributed by atoms with Crippen molar-refractivity contribution in [2.45, 2.75) is 62.2 Å². The molecule has 1 unspecified atom stereocenters. The maximum Gasteiger partial charge on any atom is 0.319 e. The predicted molar refractivity (Wildman–Crippen MR) is 92.6 cm³/mol. The smallest absolute Gasteiger partial charge is 0.319 e. The Bertz CT molecular complexity index is 529. The number of urea groups is 1. The van der Waals surface area contributed by atoms with E-state index < -0.39 is 5.60 Å². The fourth-order valence-corrected chi connectivity index (χ4v) is 3.36. The minimum atomic E-state index is -0.691. The summed E-state index contributed by atoms with van der Waals surface area (Å²) < 4.78 is 0. The fraction of sp³-hybridized carbons (Fsp3) is 0.588. The number of hydrogen-bond acceptors (Lipinski definition) is 3. The highest BCUT2D eigenvalue weighted by Crippen LogP contribution is 2.31. The molecule has 3 N–H and O–H groups in total. The van der Waals surface area contributed by atoms with Gasteiger partial charge in [-0.3, -0.25) is 0 Å². The van der Waals surface area contributed by atoms with Crippen LogP contribution < -0.4 is 10.6 Å². The van der Waals surface area contributed by atoms with Crippen LogP contribution in [0.3, 0.4) is 0 Å². The van der Waals surface area contributed by atoms with Crippen molar-refractivity contribution in [2.75, 3.05) is 11.9 Å². The van der Waals surface area contributed by atoms with Gasteiger partial charge < -0.3 is 15.7 Å². The number of anilines is 1. The average molecular weight is 322 g/mol. The number of carbonyl (C=O) groups excluding carboxylic acids is 1. The molecule has 4 nitrogen and oxygen atoms in total. The van der Waals surface area contributed by atoms with Crippen LogP contribution in [-0.4, -0.2) is 28.5 Å². The quantitative estimate of drug-likeness (QED) is 0.696. The number of aliphatic hydroxyl groups is 1. The third kappa shape index (κ3) is 4.65. The standard InChI is InChI=1S/C17H26N2O2S/c1-4-13(3)22-14-6-7-15(12(2)10-14)19-16(20)18-11-17(21)8-5-9-17/h6-7,10,13,21H,4-5,8-9,11H2,1-3H3,(H2,18,19,20). The minimum absolute atomic E-state index is 0.259. The van der Waals surface area contributed by atoms with Crippen LogP contribution in [0.4, 0.5) is 10.5 Å². The van der Waals surface area contributed by atoms with Crippen LogP contribution in [0.1, 0.15) is 45.1 Å². The van der Waals surface area contributed by atoms with E-state index in [0.717, 1.165) is 36.9 Å². The van der Waals surface area contributed by atoms with Gasteiger partial charge in [-0.1, -0.05) is 13.8 Å². The topological polar surface area (TPSA) is 61.4 Å². The van der Waals surface area contributed by atoms with Gasteiger partial charge in [0.2, 0.25) is 0 Å². The van der Waals surface area contributed by atoms with Crippen LogP contribution in [0.25, 0.3) is 0 Å². The van der Waals surface area contributed by atoms with Gasteiger partial charge in [0.1, 0.15) is 0 Å². The van der Waals surface area contributed by atoms with Gasteiger partial charge in [-0.05, 0) is 56.4 Å². The van der Waals surface area contributed by atoms with Gasteiger partial charge in [-0.2, -0.15) is 0 Å². The number of benzene rings is 1. The van der Waals surface area contributed by atoms with Gasteiger partial charge in [-0.15, -0.1) is 11.8 Å². The molecule has 0 aliphatic heterocycles. The van der Waals surface area contributed by atoms with E-state index in [1.54, 1.807) is 0 Å². The van der Waals surface area contributed by atoms with E-state index in [0.29, 0.717) is 11.8 Å². The van der Waals surface area contributed by atoms with Crippen LogP contribution >= 0.6 is 11.8 Å². The summed E-state index contributed by atoms with van der Waals surface area (Å²) in [4.78, 5) is 13.1. The number of hydrogen-bond donors (Lipinski definition) is 3. The highest BCUT2D eigenvalue weighted by atomic mass is 32.2. The lowest BCUT2D eigenvalue weighted by molar-refractivity contribution is -0.0287. The van der Waals surface area contributed by atoms with Crippen molar-refractivity contribution >= 4 is 23.5 Å². The van der Waals surface area contributed by atoms with Gasteiger partial charge in [0.15, 0.2) is 0 Å². The Morgan fingerprint density at radius 1 is 1.45 bits per heavy atom. The zero-order valence-corrected chi connectivity index (χ0v) is 14.4. The number of thioether (sulfide) groups is 1. The van der Waals surface area contributed by atoms with E-state index in [-0.39, 0.29) is 6.03 Å². The van der Waals surface area contributed by atoms with E-state index in [1.165, 1.54) is 4.90 Å². The fourth-order valence-electron chi connectivity index (χ4n) is 2.34. The monoisotopic (exact) mass is 322 g/mol. The van der Waals surface area contributed by atoms with Crippen molar-refractivity contribution in [1.29, 1.82) is 0 Å². The Balaban J connectivity index is 1.87. The summed E-state index contributed by atoms with van der Waals surface area (Å²) in [5, 5.41) is 16.2. The van der Waals surface area contributed by atoms with E-state index in [1.807, 2.05) is 30.8 Å². The Labute approximate surface area is 137 Å². The second-order valence-electron chi connectivity index (χ2n) is 6.20. The second kappa shape index (κ2) is 7.38. The molecule has 0 bridgehead atoms. The highest BCUT2D eigenvalue weighted by molar-refractivity contribution is 7.99. The van der Waals surface area contributed by atoms with E-state index >= 15 is 0 Å². The van der Waals surface area contributed by atoms with Crippen LogP contribution in [-0.2, 0) is 0 Å². The largest absolute Gasteiger partial charge is 0.388 e. The van der Waals surface area contributed by atoms with E-state index in [9.17, 15) is 9.90 Å². The Kier molecular flexibility index (Phi) is 5.75. The maximum atomic E-state index is 11.9. The van der Waals surface area contributed by atoms with Crippen molar-refractivity contribution in [1.82, 2.24) is 5.32 Å². The molecular formula is C17H26N2O2S. The Hall–Kier alpha value is -1.20. The molecule has 1 aromatic rings. The van der Waals surface area contributed by atoms with Crippen LogP contribution in [0, 0.1) is 6.92 Å². The molecule has 0 heterocycles. The molecule has 1 fully saturated rings. The van der Waals surface area contributed by atoms with E-state index in [4.69, 9.17) is 0 Å². The van der Waals surface area contributed by atoms with Crippen LogP contribution in [0.5, 0.6) is 0 Å². The number of carbonyl (C=O) groups is 1. The third-order valence-electron chi connectivity index (χ3n) is 4.22. The van der Waals surface area contributed by atoms with Crippen molar-refractivity contribution in [3.8, 4) is 0 Å². The zero-order valence-electron chi connectivity index (χ0n) is 13.6. The molecule has 1 aromatic carbocycles. The first-order valence-corrected chi connectivity index (χ1v) is 8.84. The molecule has 0 aromatic heterocycles. The molecular weight excluding hydrogens is 296 g/mol. The van der Waals surface area contributed by atoms with Crippen LogP contribution in [0.15, 0.2) is 23.1 Å². The lowest BCUT2D eigenvalue weighted by Gasteiger charge is -2.36. The van der Waals surface area contributed by atoms with E-state index in [2.05, 4.69) is 30.5 Å². The van der Waals surface area contributed by atoms with Crippen molar-refractivity contribution in [2.24, 2.45) is 0 Å². The van der Waals surface area contributed by atoms with Crippen molar-refractivity contribution in [3.05, 3.63) is 23.8 Å². The first-order valence-electron chi connectivity index (χ1n) is 7.96. The number of nitrogens with one attached hydrogen (secondary N) is 2. The van der Waals surface area contributed by atoms with Crippen molar-refractivity contribution in [3.63, 3.8) is 0 Å². The lowest BCUT2D eigenvalue weighted by Crippen LogP contribution is -2.48. The van der Waals surface area contributed by atoms with Gasteiger partial charge in [0.05, 0.1) is 5.60 Å². The average Bonchev–Trinajstić information content (AvgIpc) is 2.46. The summed E-state index contributed by atoms with van der Waals surface area (Å²) in [5.41, 5.74) is 1.17. The number of aryl methyl sites for hydroxylation is 1. The molecule has 1 aliphatic carbocycles. The maximum absolute atomic E-state index is 11.9. The molecule has 1 saturated carbocycles. The summed E-state index contributed by atoms with van der Waals surface area (Å²) in [7, 11) is 0. The summed E-state index contributed by atoms with van der Waals surface area (Å²) in [6.45, 7) is 6.71. The molecule has 122 valence electrons. The zero-order chi connectivity index (χ0) is 16.2. The minimum Gasteiger partial charge on any atom is -0.388 e. The summed E-state index contributed by atoms with van der Waals surface area (Å²) >= 11 is 1.85. The molecule has 1 atom stereocenters. The van der Waals surface area contributed by atoms with Gasteiger partial charge in [0.25, 0.3) is 0 Å². The molecule has 22 heavy (non-hydrogen) atoms. The summed E-state index contributed by atoms with van der Waals surface area (Å²) in [6.07, 6.45) is 3.71. The normalized spacial score (nSPS) is 17.5. The molecule has 2 rings (SSSR count). The molecule has 5 heteroatoms. The molecule has 0 spiro atoms. The first-order chi connectivity index (χ1) is 10.4. The third-order valence-corrected chi connectivity index (χ3v) is 5.48. The van der Waals surface area contributed by atoms with Gasteiger partial charge in [0, 0.05) is 22.4 Å². The van der Waals surface area contributed by atoms with Gasteiger partial charge in [-0.25, -0.2) is 4.79 Å². The number of amides is 2. The molecule has 0 radical (unpaired) electrons. The Morgan fingerprint density at radius 3 is 2.73 bits per heavy atom. The summed E-state index contributed by atoms with van der Waals surface area (Å²) in [6, 6.07) is 5.83. The summed E-state index contributed by atoms with van der Waals surface area (Å²) in [5.74, 6) is 0. The first kappa shape index (κ1) is 17.2. The number of rotatable bonds is 6. The lowest BCUT2D eigenvalue weighted by atomic mass is 9.80. The predicted octanol–water partition coefficient (Wildman–Crippen LogP) is 3.92. The molecule has 1 aliphatic rings. The van der Waals surface area contributed by atoms with Gasteiger partial charge >= 0.3 is 6.03 Å². The Morgan fingerprint density at radius 2 is 2.18 bits per heavy atom. The molecule has 2 amide bonds. The molecule has 0 saturated heterocycles. The highest BCUT2D eigenvalue weighted by Gasteiger charge is 2.34. The van der Waals surface area contributed by atoms with Crippen LogP contribution in [0.2, 0.25) is 0 Å².